The predicted molar refractivity (Wildman–Crippen MR) is 93.2 cm³/mol. The Kier molecular flexibility index (Phi) is 3.08. The molecule has 0 atom stereocenters. The first-order valence-electron chi connectivity index (χ1n) is 6.95. The molecule has 0 saturated carbocycles. The van der Waals surface area contributed by atoms with E-state index < -0.39 is 0 Å². The molecule has 2 aromatic carbocycles. The molecule has 6 heteroatoms. The first kappa shape index (κ1) is 13.0. The lowest BCUT2D eigenvalue weighted by molar-refractivity contribution is 1.13. The minimum atomic E-state index is 0.529. The number of aromatic nitrogens is 2. The molecule has 3 N–H and O–H groups in total. The second-order valence-electron chi connectivity index (χ2n) is 5.02. The number of para-hydroxylation sites is 2. The van der Waals surface area contributed by atoms with E-state index in [9.17, 15) is 0 Å². The fraction of sp³-hybridized carbons (Fsp3) is 0.0625. The predicted octanol–water partition coefficient (Wildman–Crippen LogP) is 2.93. The lowest BCUT2D eigenvalue weighted by Gasteiger charge is -2.05. The van der Waals surface area contributed by atoms with Crippen LogP contribution in [0.3, 0.4) is 0 Å². The normalized spacial score (nSPS) is 14.0. The van der Waals surface area contributed by atoms with Gasteiger partial charge in [-0.1, -0.05) is 12.1 Å². The number of H-pyrrole nitrogens is 1. The number of thiocarbonyl (C=S) groups is 1. The Labute approximate surface area is 132 Å². The Hall–Kier alpha value is -2.73. The van der Waals surface area contributed by atoms with Gasteiger partial charge in [0, 0.05) is 11.3 Å². The van der Waals surface area contributed by atoms with Gasteiger partial charge in [-0.25, -0.2) is 9.98 Å². The molecule has 1 aromatic heterocycles. The lowest BCUT2D eigenvalue weighted by Crippen LogP contribution is -2.21. The highest BCUT2D eigenvalue weighted by Crippen LogP contribution is 2.22. The molecule has 3 aromatic rings. The Morgan fingerprint density at radius 3 is 2.59 bits per heavy atom. The number of nitrogens with zero attached hydrogens (tertiary/aromatic N) is 2. The van der Waals surface area contributed by atoms with Crippen molar-refractivity contribution in [2.24, 2.45) is 4.99 Å². The van der Waals surface area contributed by atoms with E-state index in [0.29, 0.717) is 11.7 Å². The summed E-state index contributed by atoms with van der Waals surface area (Å²) in [5.74, 6) is 1.70. The number of hydrogen-bond acceptors (Lipinski definition) is 3. The minimum absolute atomic E-state index is 0.529. The quantitative estimate of drug-likeness (QED) is 0.637. The van der Waals surface area contributed by atoms with E-state index in [-0.39, 0.29) is 0 Å². The summed E-state index contributed by atoms with van der Waals surface area (Å²) in [7, 11) is 0. The van der Waals surface area contributed by atoms with Crippen molar-refractivity contribution in [2.75, 3.05) is 11.9 Å². The number of aliphatic imine (C=N–C) groups is 1. The summed E-state index contributed by atoms with van der Waals surface area (Å²) < 4.78 is 0. The maximum atomic E-state index is 4.98. The molecule has 0 radical (unpaired) electrons. The summed E-state index contributed by atoms with van der Waals surface area (Å²) in [6.45, 7) is 0.643. The van der Waals surface area contributed by atoms with Crippen LogP contribution in [0.25, 0.3) is 22.4 Å². The lowest BCUT2D eigenvalue weighted by atomic mass is 10.2. The smallest absolute Gasteiger partial charge is 0.194 e. The Bertz CT molecular complexity index is 846. The van der Waals surface area contributed by atoms with Gasteiger partial charge in [0.15, 0.2) is 5.11 Å². The third-order valence-electron chi connectivity index (χ3n) is 3.48. The van der Waals surface area contributed by atoms with Gasteiger partial charge in [0.1, 0.15) is 11.7 Å². The van der Waals surface area contributed by atoms with Crippen LogP contribution >= 0.6 is 12.2 Å². The molecule has 1 aliphatic heterocycles. The number of benzene rings is 2. The molecular formula is C16H13N5S. The Balaban J connectivity index is 1.58. The summed E-state index contributed by atoms with van der Waals surface area (Å²) in [6.07, 6.45) is 0. The van der Waals surface area contributed by atoms with Crippen LogP contribution < -0.4 is 10.6 Å². The molecule has 108 valence electrons. The van der Waals surface area contributed by atoms with Gasteiger partial charge in [0.05, 0.1) is 17.6 Å². The Morgan fingerprint density at radius 1 is 1.05 bits per heavy atom. The van der Waals surface area contributed by atoms with Crippen molar-refractivity contribution < 1.29 is 0 Å². The zero-order valence-corrected chi connectivity index (χ0v) is 12.4. The molecule has 0 fully saturated rings. The Morgan fingerprint density at radius 2 is 1.86 bits per heavy atom. The number of hydrogen-bond donors (Lipinski definition) is 3. The van der Waals surface area contributed by atoms with Crippen molar-refractivity contribution in [2.45, 2.75) is 0 Å². The van der Waals surface area contributed by atoms with Crippen LogP contribution in [-0.2, 0) is 0 Å². The molecule has 0 amide bonds. The zero-order chi connectivity index (χ0) is 14.9. The van der Waals surface area contributed by atoms with Crippen molar-refractivity contribution in [3.63, 3.8) is 0 Å². The minimum Gasteiger partial charge on any atom is -0.354 e. The van der Waals surface area contributed by atoms with Gasteiger partial charge >= 0.3 is 0 Å². The average molecular weight is 307 g/mol. The molecule has 4 rings (SSSR count). The van der Waals surface area contributed by atoms with E-state index in [2.05, 4.69) is 25.6 Å². The third-order valence-corrected chi connectivity index (χ3v) is 3.72. The molecule has 0 spiro atoms. The number of rotatable bonds is 2. The second-order valence-corrected chi connectivity index (χ2v) is 5.41. The molecule has 0 bridgehead atoms. The highest BCUT2D eigenvalue weighted by atomic mass is 32.1. The van der Waals surface area contributed by atoms with E-state index in [1.807, 2.05) is 48.5 Å². The summed E-state index contributed by atoms with van der Waals surface area (Å²) in [6, 6.07) is 16.1. The van der Waals surface area contributed by atoms with E-state index in [0.717, 1.165) is 33.9 Å². The van der Waals surface area contributed by atoms with Gasteiger partial charge in [0.2, 0.25) is 0 Å². The van der Waals surface area contributed by atoms with Crippen molar-refractivity contribution in [3.8, 4) is 11.4 Å². The van der Waals surface area contributed by atoms with Gasteiger partial charge in [-0.15, -0.1) is 0 Å². The summed E-state index contributed by atoms with van der Waals surface area (Å²) in [5.41, 5.74) is 4.04. The summed E-state index contributed by atoms with van der Waals surface area (Å²) in [5, 5.41) is 6.77. The molecule has 0 unspecified atom stereocenters. The van der Waals surface area contributed by atoms with E-state index >= 15 is 0 Å². The molecule has 0 saturated heterocycles. The number of nitrogens with one attached hydrogen (secondary N) is 3. The molecular weight excluding hydrogens is 294 g/mol. The molecule has 1 aliphatic rings. The van der Waals surface area contributed by atoms with Gasteiger partial charge < -0.3 is 15.6 Å². The van der Waals surface area contributed by atoms with Gasteiger partial charge in [0.25, 0.3) is 0 Å². The highest BCUT2D eigenvalue weighted by Gasteiger charge is 2.10. The van der Waals surface area contributed by atoms with E-state index in [4.69, 9.17) is 12.2 Å². The molecule has 5 nitrogen and oxygen atoms in total. The fourth-order valence-corrected chi connectivity index (χ4v) is 2.58. The maximum Gasteiger partial charge on any atom is 0.194 e. The van der Waals surface area contributed by atoms with Crippen LogP contribution in [0, 0.1) is 0 Å². The standard InChI is InChI=1S/C16H13N5S/c22-16-17-9-14(21-16)18-11-7-5-10(6-8-11)15-19-12-3-1-2-4-13(12)20-15/h1-8H,9H2,(H,19,20)(H2,17,18,21,22). The second kappa shape index (κ2) is 5.23. The van der Waals surface area contributed by atoms with E-state index in [1.54, 1.807) is 0 Å². The van der Waals surface area contributed by atoms with Crippen LogP contribution in [0.1, 0.15) is 0 Å². The third kappa shape index (κ3) is 2.44. The van der Waals surface area contributed by atoms with Crippen LogP contribution in [0.15, 0.2) is 53.5 Å². The van der Waals surface area contributed by atoms with Crippen LogP contribution in [0.4, 0.5) is 5.69 Å². The largest absolute Gasteiger partial charge is 0.354 e. The molecule has 22 heavy (non-hydrogen) atoms. The van der Waals surface area contributed by atoms with Gasteiger partial charge in [-0.3, -0.25) is 0 Å². The number of amidine groups is 1. The zero-order valence-electron chi connectivity index (χ0n) is 11.6. The summed E-state index contributed by atoms with van der Waals surface area (Å²) in [4.78, 5) is 12.1. The first-order chi connectivity index (χ1) is 10.8. The average Bonchev–Trinajstić information content (AvgIpc) is 3.14. The maximum absolute atomic E-state index is 4.98. The van der Waals surface area contributed by atoms with Crippen molar-refractivity contribution in [3.05, 3.63) is 48.5 Å². The van der Waals surface area contributed by atoms with Crippen molar-refractivity contribution >= 4 is 39.9 Å². The van der Waals surface area contributed by atoms with E-state index in [1.165, 1.54) is 0 Å². The van der Waals surface area contributed by atoms with Gasteiger partial charge in [-0.05, 0) is 48.6 Å². The van der Waals surface area contributed by atoms with Crippen LogP contribution in [-0.4, -0.2) is 27.5 Å². The summed E-state index contributed by atoms with van der Waals surface area (Å²) >= 11 is 4.98. The van der Waals surface area contributed by atoms with Crippen molar-refractivity contribution in [1.29, 1.82) is 0 Å². The monoisotopic (exact) mass is 307 g/mol. The van der Waals surface area contributed by atoms with Gasteiger partial charge in [-0.2, -0.15) is 0 Å². The number of fused-ring (bicyclic) bond motifs is 1. The molecule has 2 heterocycles. The fourth-order valence-electron chi connectivity index (χ4n) is 2.40. The highest BCUT2D eigenvalue weighted by molar-refractivity contribution is 7.80. The van der Waals surface area contributed by atoms with Crippen LogP contribution in [0.2, 0.25) is 0 Å². The van der Waals surface area contributed by atoms with Crippen molar-refractivity contribution in [1.82, 2.24) is 15.3 Å². The van der Waals surface area contributed by atoms with Crippen LogP contribution in [0.5, 0.6) is 0 Å². The number of anilines is 1. The molecule has 0 aliphatic carbocycles. The SMILES string of the molecule is S=C1N=C(Nc2ccc(-c3nc4ccccc4[nH]3)cc2)CN1. The number of imidazole rings is 1. The topological polar surface area (TPSA) is 65.1 Å². The first-order valence-corrected chi connectivity index (χ1v) is 7.36. The number of aromatic amines is 1.